The Morgan fingerprint density at radius 1 is 0.906 bits per heavy atom. The number of hydrogen-bond donors (Lipinski definition) is 1. The summed E-state index contributed by atoms with van der Waals surface area (Å²) in [5.41, 5.74) is 4.45. The van der Waals surface area contributed by atoms with Gasteiger partial charge in [0.05, 0.1) is 7.11 Å². The third kappa shape index (κ3) is 4.83. The number of amides is 2. The summed E-state index contributed by atoms with van der Waals surface area (Å²) < 4.78 is 5.29. The molecule has 164 valence electrons. The van der Waals surface area contributed by atoms with E-state index in [1.165, 1.54) is 0 Å². The molecule has 1 aliphatic rings. The first-order valence-electron chi connectivity index (χ1n) is 11.0. The lowest BCUT2D eigenvalue weighted by Crippen LogP contribution is -2.46. The SMILES string of the molecule is COc1cccc(-c2ccc(C(=O)N3CCC(NC(=O)c4ccccc4C)CC3)cc2)c1. The van der Waals surface area contributed by atoms with Gasteiger partial charge < -0.3 is 15.0 Å². The van der Waals surface area contributed by atoms with Crippen molar-refractivity contribution in [2.45, 2.75) is 25.8 Å². The quantitative estimate of drug-likeness (QED) is 0.641. The van der Waals surface area contributed by atoms with Crippen molar-refractivity contribution in [2.75, 3.05) is 20.2 Å². The topological polar surface area (TPSA) is 58.6 Å². The average molecular weight is 429 g/mol. The van der Waals surface area contributed by atoms with Gasteiger partial charge in [0, 0.05) is 30.3 Å². The molecular formula is C27H28N2O3. The summed E-state index contributed by atoms with van der Waals surface area (Å²) >= 11 is 0. The monoisotopic (exact) mass is 428 g/mol. The summed E-state index contributed by atoms with van der Waals surface area (Å²) in [4.78, 5) is 27.4. The fourth-order valence-electron chi connectivity index (χ4n) is 4.11. The van der Waals surface area contributed by atoms with Gasteiger partial charge in [0.1, 0.15) is 5.75 Å². The number of nitrogens with one attached hydrogen (secondary N) is 1. The van der Waals surface area contributed by atoms with Crippen molar-refractivity contribution in [3.63, 3.8) is 0 Å². The molecule has 2 amide bonds. The number of methoxy groups -OCH3 is 1. The molecule has 0 radical (unpaired) electrons. The van der Waals surface area contributed by atoms with Gasteiger partial charge >= 0.3 is 0 Å². The summed E-state index contributed by atoms with van der Waals surface area (Å²) in [6.45, 7) is 3.21. The number of piperidine rings is 1. The van der Waals surface area contributed by atoms with Crippen LogP contribution in [0.15, 0.2) is 72.8 Å². The number of benzene rings is 3. The Kier molecular flexibility index (Phi) is 6.55. The second-order valence-electron chi connectivity index (χ2n) is 8.16. The van der Waals surface area contributed by atoms with Gasteiger partial charge in [0.15, 0.2) is 0 Å². The van der Waals surface area contributed by atoms with Crippen LogP contribution in [-0.4, -0.2) is 43.0 Å². The van der Waals surface area contributed by atoms with E-state index in [-0.39, 0.29) is 17.9 Å². The minimum Gasteiger partial charge on any atom is -0.497 e. The molecule has 1 aliphatic heterocycles. The molecule has 5 nitrogen and oxygen atoms in total. The van der Waals surface area contributed by atoms with E-state index in [0.29, 0.717) is 24.2 Å². The number of likely N-dealkylation sites (tertiary alicyclic amines) is 1. The summed E-state index contributed by atoms with van der Waals surface area (Å²) in [6, 6.07) is 23.2. The number of aryl methyl sites for hydroxylation is 1. The number of ether oxygens (including phenoxy) is 1. The maximum Gasteiger partial charge on any atom is 0.253 e. The fourth-order valence-corrected chi connectivity index (χ4v) is 4.11. The van der Waals surface area contributed by atoms with Gasteiger partial charge in [0.2, 0.25) is 0 Å². The van der Waals surface area contributed by atoms with E-state index >= 15 is 0 Å². The van der Waals surface area contributed by atoms with Gasteiger partial charge in [-0.15, -0.1) is 0 Å². The zero-order chi connectivity index (χ0) is 22.5. The Morgan fingerprint density at radius 2 is 1.62 bits per heavy atom. The molecule has 3 aromatic carbocycles. The highest BCUT2D eigenvalue weighted by atomic mass is 16.5. The van der Waals surface area contributed by atoms with Crippen LogP contribution in [0.5, 0.6) is 5.75 Å². The number of carbonyl (C=O) groups excluding carboxylic acids is 2. The van der Waals surface area contributed by atoms with Crippen LogP contribution in [0.2, 0.25) is 0 Å². The summed E-state index contributed by atoms with van der Waals surface area (Å²) in [6.07, 6.45) is 1.51. The summed E-state index contributed by atoms with van der Waals surface area (Å²) in [7, 11) is 1.65. The van der Waals surface area contributed by atoms with Crippen LogP contribution in [0.4, 0.5) is 0 Å². The molecule has 1 fully saturated rings. The molecule has 1 saturated heterocycles. The van der Waals surface area contributed by atoms with Gasteiger partial charge in [0.25, 0.3) is 11.8 Å². The summed E-state index contributed by atoms with van der Waals surface area (Å²) in [5.74, 6) is 0.798. The first-order valence-corrected chi connectivity index (χ1v) is 11.0. The van der Waals surface area contributed by atoms with E-state index in [9.17, 15) is 9.59 Å². The van der Waals surface area contributed by atoms with Crippen molar-refractivity contribution in [1.82, 2.24) is 10.2 Å². The van der Waals surface area contributed by atoms with E-state index in [1.54, 1.807) is 7.11 Å². The molecule has 4 rings (SSSR count). The lowest BCUT2D eigenvalue weighted by molar-refractivity contribution is 0.0698. The standard InChI is InChI=1S/C27H28N2O3/c1-19-6-3-4-9-25(19)26(30)28-23-14-16-29(17-15-23)27(31)21-12-10-20(11-13-21)22-7-5-8-24(18-22)32-2/h3-13,18,23H,14-17H2,1-2H3,(H,28,30). The minimum atomic E-state index is -0.0407. The van der Waals surface area contributed by atoms with Crippen molar-refractivity contribution in [1.29, 1.82) is 0 Å². The lowest BCUT2D eigenvalue weighted by atomic mass is 10.0. The van der Waals surface area contributed by atoms with Crippen LogP contribution in [0.25, 0.3) is 11.1 Å². The van der Waals surface area contributed by atoms with Crippen LogP contribution in [0.1, 0.15) is 39.1 Å². The molecule has 0 saturated carbocycles. The Hall–Kier alpha value is -3.60. The van der Waals surface area contributed by atoms with Crippen molar-refractivity contribution in [2.24, 2.45) is 0 Å². The van der Waals surface area contributed by atoms with Gasteiger partial charge in [-0.25, -0.2) is 0 Å². The van der Waals surface area contributed by atoms with E-state index < -0.39 is 0 Å². The first-order chi connectivity index (χ1) is 15.5. The molecule has 0 aliphatic carbocycles. The molecule has 5 heteroatoms. The Morgan fingerprint density at radius 3 is 2.31 bits per heavy atom. The highest BCUT2D eigenvalue weighted by Crippen LogP contribution is 2.25. The number of hydrogen-bond acceptors (Lipinski definition) is 3. The smallest absolute Gasteiger partial charge is 0.253 e. The van der Waals surface area contributed by atoms with Crippen LogP contribution in [0, 0.1) is 6.92 Å². The van der Waals surface area contributed by atoms with Crippen LogP contribution in [-0.2, 0) is 0 Å². The normalized spacial score (nSPS) is 14.1. The first kappa shape index (κ1) is 21.6. The maximum absolute atomic E-state index is 13.0. The molecule has 1 heterocycles. The maximum atomic E-state index is 13.0. The third-order valence-corrected chi connectivity index (χ3v) is 6.04. The Labute approximate surface area is 189 Å². The van der Waals surface area contributed by atoms with Crippen LogP contribution < -0.4 is 10.1 Å². The van der Waals surface area contributed by atoms with E-state index in [0.717, 1.165) is 35.3 Å². The fraction of sp³-hybridized carbons (Fsp3) is 0.259. The van der Waals surface area contributed by atoms with E-state index in [4.69, 9.17) is 4.74 Å². The number of rotatable bonds is 5. The van der Waals surface area contributed by atoms with Gasteiger partial charge in [-0.2, -0.15) is 0 Å². The van der Waals surface area contributed by atoms with Crippen molar-refractivity contribution >= 4 is 11.8 Å². The summed E-state index contributed by atoms with van der Waals surface area (Å²) in [5, 5.41) is 3.12. The van der Waals surface area contributed by atoms with Crippen LogP contribution in [0.3, 0.4) is 0 Å². The van der Waals surface area contributed by atoms with Gasteiger partial charge in [-0.3, -0.25) is 9.59 Å². The second kappa shape index (κ2) is 9.69. The number of carbonyl (C=O) groups is 2. The zero-order valence-electron chi connectivity index (χ0n) is 18.5. The van der Waals surface area contributed by atoms with Crippen molar-refractivity contribution < 1.29 is 14.3 Å². The van der Waals surface area contributed by atoms with Gasteiger partial charge in [-0.05, 0) is 66.8 Å². The molecule has 0 aromatic heterocycles. The van der Waals surface area contributed by atoms with E-state index in [1.807, 2.05) is 84.6 Å². The minimum absolute atomic E-state index is 0.0332. The highest BCUT2D eigenvalue weighted by molar-refractivity contribution is 5.96. The Bertz CT molecular complexity index is 1100. The predicted octanol–water partition coefficient (Wildman–Crippen LogP) is 4.71. The number of nitrogens with zero attached hydrogens (tertiary/aromatic N) is 1. The Balaban J connectivity index is 1.34. The predicted molar refractivity (Wildman–Crippen MR) is 126 cm³/mol. The average Bonchev–Trinajstić information content (AvgIpc) is 2.84. The largest absolute Gasteiger partial charge is 0.497 e. The molecule has 0 unspecified atom stereocenters. The van der Waals surface area contributed by atoms with Crippen molar-refractivity contribution in [3.8, 4) is 16.9 Å². The molecule has 0 spiro atoms. The lowest BCUT2D eigenvalue weighted by Gasteiger charge is -2.32. The van der Waals surface area contributed by atoms with E-state index in [2.05, 4.69) is 5.32 Å². The molecular weight excluding hydrogens is 400 g/mol. The second-order valence-corrected chi connectivity index (χ2v) is 8.16. The third-order valence-electron chi connectivity index (χ3n) is 6.04. The van der Waals surface area contributed by atoms with Crippen molar-refractivity contribution in [3.05, 3.63) is 89.5 Å². The molecule has 0 bridgehead atoms. The van der Waals surface area contributed by atoms with Crippen LogP contribution >= 0.6 is 0 Å². The zero-order valence-corrected chi connectivity index (χ0v) is 18.5. The molecule has 1 N–H and O–H groups in total. The van der Waals surface area contributed by atoms with Gasteiger partial charge in [-0.1, -0.05) is 42.5 Å². The molecule has 32 heavy (non-hydrogen) atoms. The molecule has 0 atom stereocenters. The highest BCUT2D eigenvalue weighted by Gasteiger charge is 2.25. The molecule has 3 aromatic rings.